The highest BCUT2D eigenvalue weighted by atomic mass is 16.6. The Hall–Kier alpha value is -1.95. The van der Waals surface area contributed by atoms with E-state index in [9.17, 15) is 0 Å². The van der Waals surface area contributed by atoms with Crippen LogP contribution in [-0.2, 0) is 4.74 Å². The molecule has 22 heavy (non-hydrogen) atoms. The summed E-state index contributed by atoms with van der Waals surface area (Å²) in [4.78, 5) is 4.19. The molecule has 0 spiro atoms. The number of fused-ring (bicyclic) bond motifs is 1. The average Bonchev–Trinajstić information content (AvgIpc) is 2.57. The van der Waals surface area contributed by atoms with E-state index >= 15 is 0 Å². The van der Waals surface area contributed by atoms with Gasteiger partial charge in [0.15, 0.2) is 17.5 Å². The van der Waals surface area contributed by atoms with Gasteiger partial charge in [-0.3, -0.25) is 4.99 Å². The summed E-state index contributed by atoms with van der Waals surface area (Å²) < 4.78 is 16.9. The van der Waals surface area contributed by atoms with Gasteiger partial charge in [0.1, 0.15) is 12.7 Å². The van der Waals surface area contributed by atoms with Gasteiger partial charge in [-0.25, -0.2) is 0 Å². The molecule has 122 valence electrons. The van der Waals surface area contributed by atoms with E-state index in [-0.39, 0.29) is 6.10 Å². The van der Waals surface area contributed by atoms with Crippen molar-refractivity contribution in [2.24, 2.45) is 4.99 Å². The molecule has 6 nitrogen and oxygen atoms in total. The van der Waals surface area contributed by atoms with Crippen molar-refractivity contribution >= 4 is 5.96 Å². The zero-order chi connectivity index (χ0) is 15.6. The zero-order valence-corrected chi connectivity index (χ0v) is 13.3. The first kappa shape index (κ1) is 16.4. The summed E-state index contributed by atoms with van der Waals surface area (Å²) in [5.74, 6) is 2.36. The summed E-state index contributed by atoms with van der Waals surface area (Å²) in [7, 11) is 1.76. The van der Waals surface area contributed by atoms with E-state index in [2.05, 4.69) is 15.6 Å². The molecular formula is C16H25N3O3. The molecule has 2 rings (SSSR count). The van der Waals surface area contributed by atoms with Crippen LogP contribution in [0, 0.1) is 0 Å². The highest BCUT2D eigenvalue weighted by Crippen LogP contribution is 2.30. The lowest BCUT2D eigenvalue weighted by Gasteiger charge is -2.27. The lowest BCUT2D eigenvalue weighted by Crippen LogP contribution is -2.45. The quantitative estimate of drug-likeness (QED) is 0.453. The van der Waals surface area contributed by atoms with Crippen LogP contribution in [0.25, 0.3) is 0 Å². The molecule has 1 aliphatic rings. The normalized spacial score (nSPS) is 17.2. The van der Waals surface area contributed by atoms with Gasteiger partial charge in [0.2, 0.25) is 0 Å². The standard InChI is InChI=1S/C16H25N3O3/c1-3-20-10-6-9-18-16(17-2)19-11-13-12-21-14-7-4-5-8-15(14)22-13/h4-5,7-8,13H,3,6,9-12H2,1-2H3,(H2,17,18,19). The Bertz CT molecular complexity index is 479. The third-order valence-corrected chi connectivity index (χ3v) is 3.25. The van der Waals surface area contributed by atoms with Crippen molar-refractivity contribution < 1.29 is 14.2 Å². The summed E-state index contributed by atoms with van der Waals surface area (Å²) in [5, 5.41) is 6.50. The van der Waals surface area contributed by atoms with Crippen LogP contribution in [0.4, 0.5) is 0 Å². The fourth-order valence-electron chi connectivity index (χ4n) is 2.12. The van der Waals surface area contributed by atoms with Crippen LogP contribution in [0.2, 0.25) is 0 Å². The number of ether oxygens (including phenoxy) is 3. The smallest absolute Gasteiger partial charge is 0.191 e. The Labute approximate surface area is 131 Å². The molecular weight excluding hydrogens is 282 g/mol. The second kappa shape index (κ2) is 9.15. The van der Waals surface area contributed by atoms with Gasteiger partial charge in [0.05, 0.1) is 6.54 Å². The summed E-state index contributed by atoms with van der Waals surface area (Å²) in [5.41, 5.74) is 0. The van der Waals surface area contributed by atoms with Gasteiger partial charge in [0, 0.05) is 26.8 Å². The van der Waals surface area contributed by atoms with E-state index in [1.165, 1.54) is 0 Å². The summed E-state index contributed by atoms with van der Waals surface area (Å²) in [6.45, 7) is 5.51. The van der Waals surface area contributed by atoms with Crippen LogP contribution in [-0.4, -0.2) is 52.0 Å². The van der Waals surface area contributed by atoms with Crippen molar-refractivity contribution in [3.63, 3.8) is 0 Å². The van der Waals surface area contributed by atoms with Gasteiger partial charge in [-0.1, -0.05) is 12.1 Å². The maximum atomic E-state index is 5.89. The molecule has 0 aliphatic carbocycles. The number of guanidine groups is 1. The third kappa shape index (κ3) is 5.11. The zero-order valence-electron chi connectivity index (χ0n) is 13.3. The van der Waals surface area contributed by atoms with E-state index < -0.39 is 0 Å². The minimum atomic E-state index is -0.0307. The number of benzene rings is 1. The van der Waals surface area contributed by atoms with Gasteiger partial charge in [-0.15, -0.1) is 0 Å². The van der Waals surface area contributed by atoms with Gasteiger partial charge >= 0.3 is 0 Å². The Balaban J connectivity index is 1.68. The average molecular weight is 307 g/mol. The molecule has 0 saturated heterocycles. The van der Waals surface area contributed by atoms with Crippen molar-refractivity contribution in [1.82, 2.24) is 10.6 Å². The highest BCUT2D eigenvalue weighted by Gasteiger charge is 2.20. The van der Waals surface area contributed by atoms with Crippen LogP contribution < -0.4 is 20.1 Å². The number of para-hydroxylation sites is 2. The number of hydrogen-bond donors (Lipinski definition) is 2. The lowest BCUT2D eigenvalue weighted by atomic mass is 10.2. The lowest BCUT2D eigenvalue weighted by molar-refractivity contribution is 0.0936. The predicted octanol–water partition coefficient (Wildman–Crippen LogP) is 1.42. The Morgan fingerprint density at radius 2 is 2.14 bits per heavy atom. The summed E-state index contributed by atoms with van der Waals surface area (Å²) in [6.07, 6.45) is 0.919. The first-order valence-corrected chi connectivity index (χ1v) is 7.74. The van der Waals surface area contributed by atoms with Gasteiger partial charge in [-0.2, -0.15) is 0 Å². The molecule has 0 radical (unpaired) electrons. The van der Waals surface area contributed by atoms with Gasteiger partial charge < -0.3 is 24.8 Å². The van der Waals surface area contributed by atoms with Crippen molar-refractivity contribution in [2.75, 3.05) is 40.0 Å². The largest absolute Gasteiger partial charge is 0.486 e. The molecule has 1 aromatic rings. The molecule has 1 atom stereocenters. The Kier molecular flexibility index (Phi) is 6.83. The molecule has 1 aromatic carbocycles. The molecule has 0 bridgehead atoms. The van der Waals surface area contributed by atoms with Crippen LogP contribution in [0.1, 0.15) is 13.3 Å². The predicted molar refractivity (Wildman–Crippen MR) is 86.8 cm³/mol. The molecule has 0 amide bonds. The maximum Gasteiger partial charge on any atom is 0.191 e. The van der Waals surface area contributed by atoms with Gasteiger partial charge in [-0.05, 0) is 25.5 Å². The molecule has 0 fully saturated rings. The molecule has 0 saturated carbocycles. The van der Waals surface area contributed by atoms with E-state index in [4.69, 9.17) is 14.2 Å². The molecule has 6 heteroatoms. The summed E-state index contributed by atoms with van der Waals surface area (Å²) in [6, 6.07) is 7.71. The number of nitrogens with zero attached hydrogens (tertiary/aromatic N) is 1. The Morgan fingerprint density at radius 1 is 1.32 bits per heavy atom. The van der Waals surface area contributed by atoms with E-state index in [1.54, 1.807) is 7.05 Å². The minimum absolute atomic E-state index is 0.0307. The second-order valence-electron chi connectivity index (χ2n) is 4.93. The van der Waals surface area contributed by atoms with Crippen LogP contribution >= 0.6 is 0 Å². The van der Waals surface area contributed by atoms with E-state index in [0.717, 1.165) is 43.6 Å². The number of hydrogen-bond acceptors (Lipinski definition) is 4. The fraction of sp³-hybridized carbons (Fsp3) is 0.562. The number of nitrogens with one attached hydrogen (secondary N) is 2. The first-order chi connectivity index (χ1) is 10.8. The van der Waals surface area contributed by atoms with Crippen LogP contribution in [0.5, 0.6) is 11.5 Å². The maximum absolute atomic E-state index is 5.89. The topological polar surface area (TPSA) is 64.1 Å². The molecule has 1 unspecified atom stereocenters. The van der Waals surface area contributed by atoms with E-state index in [0.29, 0.717) is 13.2 Å². The highest BCUT2D eigenvalue weighted by molar-refractivity contribution is 5.79. The number of aliphatic imine (C=N–C) groups is 1. The molecule has 1 heterocycles. The van der Waals surface area contributed by atoms with Crippen LogP contribution in [0.3, 0.4) is 0 Å². The summed E-state index contributed by atoms with van der Waals surface area (Å²) >= 11 is 0. The number of rotatable bonds is 7. The second-order valence-corrected chi connectivity index (χ2v) is 4.93. The third-order valence-electron chi connectivity index (χ3n) is 3.25. The van der Waals surface area contributed by atoms with E-state index in [1.807, 2.05) is 31.2 Å². The van der Waals surface area contributed by atoms with Crippen molar-refractivity contribution in [3.8, 4) is 11.5 Å². The molecule has 0 aromatic heterocycles. The van der Waals surface area contributed by atoms with Crippen molar-refractivity contribution in [2.45, 2.75) is 19.4 Å². The SMILES string of the molecule is CCOCCCNC(=NC)NCC1COc2ccccc2O1. The van der Waals surface area contributed by atoms with Crippen LogP contribution in [0.15, 0.2) is 29.3 Å². The minimum Gasteiger partial charge on any atom is -0.486 e. The van der Waals surface area contributed by atoms with Gasteiger partial charge in [0.25, 0.3) is 0 Å². The Morgan fingerprint density at radius 3 is 2.91 bits per heavy atom. The first-order valence-electron chi connectivity index (χ1n) is 7.74. The molecule has 1 aliphatic heterocycles. The van der Waals surface area contributed by atoms with Crippen molar-refractivity contribution in [1.29, 1.82) is 0 Å². The monoisotopic (exact) mass is 307 g/mol. The fourth-order valence-corrected chi connectivity index (χ4v) is 2.12. The molecule has 2 N–H and O–H groups in total. The van der Waals surface area contributed by atoms with Crippen molar-refractivity contribution in [3.05, 3.63) is 24.3 Å².